The zero-order chi connectivity index (χ0) is 20.4. The molecule has 0 atom stereocenters. The van der Waals surface area contributed by atoms with Crippen molar-refractivity contribution in [3.05, 3.63) is 41.5 Å². The van der Waals surface area contributed by atoms with Crippen LogP contribution in [-0.4, -0.2) is 27.1 Å². The quantitative estimate of drug-likeness (QED) is 0.478. The lowest BCUT2D eigenvalue weighted by atomic mass is 9.97. The molecular weight excluding hydrogens is 364 g/mol. The van der Waals surface area contributed by atoms with Crippen molar-refractivity contribution in [2.75, 3.05) is 12.3 Å². The Kier molecular flexibility index (Phi) is 5.51. The second-order valence-electron chi connectivity index (χ2n) is 8.15. The predicted octanol–water partition coefficient (Wildman–Crippen LogP) is 4.87. The summed E-state index contributed by atoms with van der Waals surface area (Å²) in [5.74, 6) is 0.209. The molecule has 0 radical (unpaired) electrons. The normalized spacial score (nSPS) is 14.5. The third kappa shape index (κ3) is 3.97. The number of allylic oxidation sites excluding steroid dienone is 2. The fourth-order valence-corrected chi connectivity index (χ4v) is 3.85. The minimum atomic E-state index is -0.429. The summed E-state index contributed by atoms with van der Waals surface area (Å²) in [6.07, 6.45) is 8.03. The molecule has 29 heavy (non-hydrogen) atoms. The van der Waals surface area contributed by atoms with Gasteiger partial charge in [0.25, 0.3) is 0 Å². The number of nitrogens with zero attached hydrogens (tertiary/aromatic N) is 3. The number of ether oxygens (including phenoxy) is 1. The Morgan fingerprint density at radius 2 is 1.97 bits per heavy atom. The number of esters is 1. The standard InChI is InChI=1S/C23H28N4O2/c1-15(2)14-29-23(28)19-20-22(26-18-11-7-6-10-17(18)25-20)27(21(19)24)13-12-16-8-4-3-5-9-16/h6-8,10-11,15H,3-5,9,12-14,24H2,1-2H3. The number of nitrogen functional groups attached to an aromatic ring is 1. The van der Waals surface area contributed by atoms with Crippen LogP contribution in [-0.2, 0) is 11.3 Å². The van der Waals surface area contributed by atoms with E-state index in [1.807, 2.05) is 42.7 Å². The van der Waals surface area contributed by atoms with E-state index >= 15 is 0 Å². The number of fused-ring (bicyclic) bond motifs is 2. The molecule has 0 saturated heterocycles. The van der Waals surface area contributed by atoms with Gasteiger partial charge in [0.15, 0.2) is 5.65 Å². The van der Waals surface area contributed by atoms with Crippen molar-refractivity contribution >= 4 is 34.0 Å². The molecular formula is C23H28N4O2. The van der Waals surface area contributed by atoms with E-state index in [1.165, 1.54) is 18.4 Å². The van der Waals surface area contributed by atoms with Gasteiger partial charge in [-0.3, -0.25) is 0 Å². The van der Waals surface area contributed by atoms with Gasteiger partial charge in [0.05, 0.1) is 17.6 Å². The highest BCUT2D eigenvalue weighted by atomic mass is 16.5. The van der Waals surface area contributed by atoms with Crippen LogP contribution in [0.1, 0.15) is 56.3 Å². The van der Waals surface area contributed by atoms with Gasteiger partial charge >= 0.3 is 5.97 Å². The van der Waals surface area contributed by atoms with Gasteiger partial charge in [-0.2, -0.15) is 0 Å². The average Bonchev–Trinajstić information content (AvgIpc) is 2.99. The first kappa shape index (κ1) is 19.4. The molecule has 4 rings (SSSR count). The summed E-state index contributed by atoms with van der Waals surface area (Å²) in [7, 11) is 0. The molecule has 0 aliphatic heterocycles. The average molecular weight is 393 g/mol. The van der Waals surface area contributed by atoms with E-state index in [0.717, 1.165) is 30.3 Å². The van der Waals surface area contributed by atoms with Gasteiger partial charge in [0.1, 0.15) is 16.9 Å². The first-order valence-corrected chi connectivity index (χ1v) is 10.4. The van der Waals surface area contributed by atoms with Crippen molar-refractivity contribution in [3.8, 4) is 0 Å². The SMILES string of the molecule is CC(C)COC(=O)c1c(N)n(CCC2=CCCCC2)c2nc3ccccc3nc12. The van der Waals surface area contributed by atoms with Crippen molar-refractivity contribution in [2.24, 2.45) is 5.92 Å². The van der Waals surface area contributed by atoms with E-state index in [4.69, 9.17) is 20.4 Å². The fraction of sp³-hybridized carbons (Fsp3) is 0.435. The molecule has 152 valence electrons. The Hall–Kier alpha value is -2.89. The summed E-state index contributed by atoms with van der Waals surface area (Å²) in [5.41, 5.74) is 10.9. The lowest BCUT2D eigenvalue weighted by molar-refractivity contribution is 0.0462. The van der Waals surface area contributed by atoms with E-state index < -0.39 is 5.97 Å². The largest absolute Gasteiger partial charge is 0.462 e. The molecule has 2 N–H and O–H groups in total. The Morgan fingerprint density at radius 1 is 1.21 bits per heavy atom. The van der Waals surface area contributed by atoms with Gasteiger partial charge in [-0.05, 0) is 50.2 Å². The van der Waals surface area contributed by atoms with Crippen molar-refractivity contribution in [3.63, 3.8) is 0 Å². The van der Waals surface area contributed by atoms with Crippen LogP contribution in [0.15, 0.2) is 35.9 Å². The number of carbonyl (C=O) groups excluding carboxylic acids is 1. The minimum Gasteiger partial charge on any atom is -0.462 e. The summed E-state index contributed by atoms with van der Waals surface area (Å²) in [6, 6.07) is 7.67. The Labute approximate surface area is 170 Å². The number of para-hydroxylation sites is 2. The van der Waals surface area contributed by atoms with Crippen LogP contribution < -0.4 is 5.73 Å². The van der Waals surface area contributed by atoms with Crippen LogP contribution in [0.4, 0.5) is 5.82 Å². The van der Waals surface area contributed by atoms with Crippen molar-refractivity contribution in [1.82, 2.24) is 14.5 Å². The molecule has 1 aliphatic carbocycles. The second-order valence-corrected chi connectivity index (χ2v) is 8.15. The number of rotatable bonds is 6. The topological polar surface area (TPSA) is 83.0 Å². The molecule has 0 spiro atoms. The number of benzene rings is 1. The third-order valence-corrected chi connectivity index (χ3v) is 5.38. The van der Waals surface area contributed by atoms with Crippen molar-refractivity contribution in [2.45, 2.75) is 52.5 Å². The van der Waals surface area contributed by atoms with Gasteiger partial charge in [-0.15, -0.1) is 0 Å². The third-order valence-electron chi connectivity index (χ3n) is 5.38. The van der Waals surface area contributed by atoms with Crippen LogP contribution >= 0.6 is 0 Å². The summed E-state index contributed by atoms with van der Waals surface area (Å²) < 4.78 is 7.41. The summed E-state index contributed by atoms with van der Waals surface area (Å²) in [4.78, 5) is 22.4. The number of aromatic nitrogens is 3. The van der Waals surface area contributed by atoms with E-state index in [1.54, 1.807) is 0 Å². The molecule has 0 unspecified atom stereocenters. The zero-order valence-corrected chi connectivity index (χ0v) is 17.1. The number of nitrogens with two attached hydrogens (primary N) is 1. The molecule has 3 aromatic rings. The maximum absolute atomic E-state index is 12.8. The minimum absolute atomic E-state index is 0.249. The first-order chi connectivity index (χ1) is 14.0. The van der Waals surface area contributed by atoms with Gasteiger partial charge in [-0.25, -0.2) is 14.8 Å². The molecule has 0 fully saturated rings. The monoisotopic (exact) mass is 392 g/mol. The summed E-state index contributed by atoms with van der Waals surface area (Å²) in [6.45, 7) is 5.04. The Balaban J connectivity index is 1.78. The van der Waals surface area contributed by atoms with E-state index in [-0.39, 0.29) is 5.92 Å². The fourth-order valence-electron chi connectivity index (χ4n) is 3.85. The molecule has 1 aromatic carbocycles. The van der Waals surface area contributed by atoms with Gasteiger partial charge in [-0.1, -0.05) is 37.6 Å². The number of aryl methyl sites for hydroxylation is 1. The number of hydrogen-bond donors (Lipinski definition) is 1. The molecule has 2 aromatic heterocycles. The summed E-state index contributed by atoms with van der Waals surface area (Å²) >= 11 is 0. The second kappa shape index (κ2) is 8.23. The maximum Gasteiger partial charge on any atom is 0.344 e. The van der Waals surface area contributed by atoms with Crippen LogP contribution in [0.25, 0.3) is 22.2 Å². The Morgan fingerprint density at radius 3 is 2.66 bits per heavy atom. The number of carbonyl (C=O) groups is 1. The van der Waals surface area contributed by atoms with Gasteiger partial charge in [0, 0.05) is 6.54 Å². The summed E-state index contributed by atoms with van der Waals surface area (Å²) in [5, 5.41) is 0. The molecule has 6 nitrogen and oxygen atoms in total. The van der Waals surface area contributed by atoms with E-state index in [0.29, 0.717) is 35.7 Å². The van der Waals surface area contributed by atoms with Crippen LogP contribution in [0.5, 0.6) is 0 Å². The zero-order valence-electron chi connectivity index (χ0n) is 17.1. The number of anilines is 1. The van der Waals surface area contributed by atoms with Gasteiger partial charge in [0.2, 0.25) is 0 Å². The van der Waals surface area contributed by atoms with E-state index in [9.17, 15) is 4.79 Å². The van der Waals surface area contributed by atoms with E-state index in [2.05, 4.69) is 6.08 Å². The molecule has 0 bridgehead atoms. The van der Waals surface area contributed by atoms with Gasteiger partial charge < -0.3 is 15.0 Å². The number of hydrogen-bond acceptors (Lipinski definition) is 5. The van der Waals surface area contributed by atoms with Crippen LogP contribution in [0, 0.1) is 5.92 Å². The molecule has 6 heteroatoms. The lowest BCUT2D eigenvalue weighted by Gasteiger charge is -2.14. The highest BCUT2D eigenvalue weighted by Gasteiger charge is 2.25. The smallest absolute Gasteiger partial charge is 0.344 e. The lowest BCUT2D eigenvalue weighted by Crippen LogP contribution is -2.13. The maximum atomic E-state index is 12.8. The van der Waals surface area contributed by atoms with Crippen molar-refractivity contribution < 1.29 is 9.53 Å². The van der Waals surface area contributed by atoms with Crippen LogP contribution in [0.3, 0.4) is 0 Å². The molecule has 2 heterocycles. The van der Waals surface area contributed by atoms with Crippen molar-refractivity contribution in [1.29, 1.82) is 0 Å². The highest BCUT2D eigenvalue weighted by Crippen LogP contribution is 2.30. The first-order valence-electron chi connectivity index (χ1n) is 10.4. The molecule has 0 amide bonds. The molecule has 1 aliphatic rings. The molecule has 0 saturated carbocycles. The predicted molar refractivity (Wildman–Crippen MR) is 116 cm³/mol. The highest BCUT2D eigenvalue weighted by molar-refractivity contribution is 6.08. The van der Waals surface area contributed by atoms with Crippen LogP contribution in [0.2, 0.25) is 0 Å². The Bertz CT molecular complexity index is 1080.